The van der Waals surface area contributed by atoms with Crippen molar-refractivity contribution in [3.8, 4) is 28.7 Å². The van der Waals surface area contributed by atoms with Gasteiger partial charge in [0.25, 0.3) is 0 Å². The molecule has 0 atom stereocenters. The standard InChI is InChI=1S/C28H32N4O2/c1-4-34-27-16-21(10-11-26(27)33-3)19-32-14-12-24(13-15-32)31-28-23(18-29)17-25(20(2)30-28)22-8-6-5-7-9-22/h5-11,16-17,24H,4,12-15,19H2,1-3H3,(H,30,31). The van der Waals surface area contributed by atoms with E-state index in [4.69, 9.17) is 14.5 Å². The van der Waals surface area contributed by atoms with Gasteiger partial charge in [-0.15, -0.1) is 0 Å². The molecule has 1 aromatic heterocycles. The number of nitriles is 1. The molecule has 3 aromatic rings. The Morgan fingerprint density at radius 3 is 2.53 bits per heavy atom. The first kappa shape index (κ1) is 23.6. The van der Waals surface area contributed by atoms with Gasteiger partial charge in [-0.3, -0.25) is 4.90 Å². The number of hydrogen-bond acceptors (Lipinski definition) is 6. The fraction of sp³-hybridized carbons (Fsp3) is 0.357. The van der Waals surface area contributed by atoms with Gasteiger partial charge >= 0.3 is 0 Å². The van der Waals surface area contributed by atoms with Crippen molar-refractivity contribution in [3.63, 3.8) is 0 Å². The van der Waals surface area contributed by atoms with Gasteiger partial charge in [0, 0.05) is 36.9 Å². The number of aryl methyl sites for hydroxylation is 1. The zero-order valence-corrected chi connectivity index (χ0v) is 20.2. The molecule has 1 N–H and O–H groups in total. The number of nitrogens with zero attached hydrogens (tertiary/aromatic N) is 3. The van der Waals surface area contributed by atoms with E-state index in [1.165, 1.54) is 5.56 Å². The van der Waals surface area contributed by atoms with E-state index in [0.717, 1.165) is 60.8 Å². The monoisotopic (exact) mass is 456 g/mol. The van der Waals surface area contributed by atoms with Gasteiger partial charge in [-0.25, -0.2) is 4.98 Å². The van der Waals surface area contributed by atoms with Crippen LogP contribution in [0.25, 0.3) is 11.1 Å². The van der Waals surface area contributed by atoms with Crippen molar-refractivity contribution in [2.45, 2.75) is 39.3 Å². The fourth-order valence-corrected chi connectivity index (χ4v) is 4.49. The van der Waals surface area contributed by atoms with Crippen LogP contribution in [-0.4, -0.2) is 42.7 Å². The number of benzene rings is 2. The molecule has 0 unspecified atom stereocenters. The topological polar surface area (TPSA) is 70.4 Å². The zero-order chi connectivity index (χ0) is 23.9. The number of pyridine rings is 1. The highest BCUT2D eigenvalue weighted by molar-refractivity contribution is 5.70. The van der Waals surface area contributed by atoms with Crippen LogP contribution in [0, 0.1) is 18.3 Å². The van der Waals surface area contributed by atoms with Crippen molar-refractivity contribution in [2.75, 3.05) is 32.1 Å². The summed E-state index contributed by atoms with van der Waals surface area (Å²) in [6, 6.07) is 20.8. The van der Waals surface area contributed by atoms with Crippen LogP contribution in [-0.2, 0) is 6.54 Å². The summed E-state index contributed by atoms with van der Waals surface area (Å²) in [6.07, 6.45) is 2.00. The van der Waals surface area contributed by atoms with Gasteiger partial charge in [0.15, 0.2) is 11.5 Å². The Hall–Kier alpha value is -3.56. The molecule has 1 saturated heterocycles. The number of piperidine rings is 1. The van der Waals surface area contributed by atoms with Gasteiger partial charge in [-0.1, -0.05) is 36.4 Å². The van der Waals surface area contributed by atoms with Crippen molar-refractivity contribution in [2.24, 2.45) is 0 Å². The average Bonchev–Trinajstić information content (AvgIpc) is 2.86. The van der Waals surface area contributed by atoms with Crippen LogP contribution in [0.5, 0.6) is 11.5 Å². The van der Waals surface area contributed by atoms with Crippen molar-refractivity contribution >= 4 is 5.82 Å². The Morgan fingerprint density at radius 1 is 1.09 bits per heavy atom. The normalized spacial score (nSPS) is 14.4. The number of hydrogen-bond donors (Lipinski definition) is 1. The van der Waals surface area contributed by atoms with Crippen LogP contribution in [0.2, 0.25) is 0 Å². The molecule has 1 aliphatic rings. The highest BCUT2D eigenvalue weighted by atomic mass is 16.5. The molecule has 2 heterocycles. The number of ether oxygens (including phenoxy) is 2. The molecule has 0 spiro atoms. The van der Waals surface area contributed by atoms with Gasteiger partial charge in [-0.05, 0) is 56.0 Å². The molecule has 1 aliphatic heterocycles. The van der Waals surface area contributed by atoms with Gasteiger partial charge in [-0.2, -0.15) is 5.26 Å². The van der Waals surface area contributed by atoms with E-state index in [9.17, 15) is 5.26 Å². The van der Waals surface area contributed by atoms with Crippen molar-refractivity contribution in [1.29, 1.82) is 5.26 Å². The van der Waals surface area contributed by atoms with Crippen LogP contribution in [0.1, 0.15) is 36.6 Å². The lowest BCUT2D eigenvalue weighted by Gasteiger charge is -2.33. The van der Waals surface area contributed by atoms with E-state index in [1.807, 2.05) is 56.3 Å². The first-order chi connectivity index (χ1) is 16.6. The van der Waals surface area contributed by atoms with Gasteiger partial charge in [0.05, 0.1) is 19.3 Å². The van der Waals surface area contributed by atoms with E-state index in [0.29, 0.717) is 24.0 Å². The second kappa shape index (κ2) is 11.0. The minimum atomic E-state index is 0.299. The lowest BCUT2D eigenvalue weighted by atomic mass is 10.0. The van der Waals surface area contributed by atoms with Crippen molar-refractivity contribution in [1.82, 2.24) is 9.88 Å². The summed E-state index contributed by atoms with van der Waals surface area (Å²) in [5, 5.41) is 13.3. The van der Waals surface area contributed by atoms with E-state index in [2.05, 4.69) is 28.4 Å². The molecule has 1 fully saturated rings. The lowest BCUT2D eigenvalue weighted by molar-refractivity contribution is 0.210. The largest absolute Gasteiger partial charge is 0.493 e. The number of methoxy groups -OCH3 is 1. The van der Waals surface area contributed by atoms with Crippen LogP contribution in [0.15, 0.2) is 54.6 Å². The average molecular weight is 457 g/mol. The molecule has 0 radical (unpaired) electrons. The third kappa shape index (κ3) is 5.49. The van der Waals surface area contributed by atoms with Crippen LogP contribution >= 0.6 is 0 Å². The maximum Gasteiger partial charge on any atom is 0.161 e. The predicted molar refractivity (Wildman–Crippen MR) is 135 cm³/mol. The van der Waals surface area contributed by atoms with E-state index in [-0.39, 0.29) is 0 Å². The highest BCUT2D eigenvalue weighted by Crippen LogP contribution is 2.30. The molecular weight excluding hydrogens is 424 g/mol. The summed E-state index contributed by atoms with van der Waals surface area (Å²) in [5.74, 6) is 2.25. The number of nitrogens with one attached hydrogen (secondary N) is 1. The summed E-state index contributed by atoms with van der Waals surface area (Å²) in [6.45, 7) is 7.44. The van der Waals surface area contributed by atoms with Crippen LogP contribution < -0.4 is 14.8 Å². The van der Waals surface area contributed by atoms with Crippen LogP contribution in [0.4, 0.5) is 5.82 Å². The first-order valence-corrected chi connectivity index (χ1v) is 11.9. The van der Waals surface area contributed by atoms with Crippen molar-refractivity contribution < 1.29 is 9.47 Å². The smallest absolute Gasteiger partial charge is 0.161 e. The van der Waals surface area contributed by atoms with Crippen LogP contribution in [0.3, 0.4) is 0 Å². The SMILES string of the molecule is CCOc1cc(CN2CCC(Nc3nc(C)c(-c4ccccc4)cc3C#N)CC2)ccc1OC. The molecular formula is C28H32N4O2. The summed E-state index contributed by atoms with van der Waals surface area (Å²) in [5.41, 5.74) is 4.82. The summed E-state index contributed by atoms with van der Waals surface area (Å²) >= 11 is 0. The Balaban J connectivity index is 1.38. The lowest BCUT2D eigenvalue weighted by Crippen LogP contribution is -2.39. The molecule has 176 valence electrons. The van der Waals surface area contributed by atoms with E-state index >= 15 is 0 Å². The molecule has 6 nitrogen and oxygen atoms in total. The number of aromatic nitrogens is 1. The highest BCUT2D eigenvalue weighted by Gasteiger charge is 2.21. The molecule has 0 amide bonds. The molecule has 0 saturated carbocycles. The van der Waals surface area contributed by atoms with E-state index < -0.39 is 0 Å². The maximum atomic E-state index is 9.76. The summed E-state index contributed by atoms with van der Waals surface area (Å²) in [7, 11) is 1.67. The second-order valence-corrected chi connectivity index (χ2v) is 8.61. The van der Waals surface area contributed by atoms with Gasteiger partial charge in [0.2, 0.25) is 0 Å². The Morgan fingerprint density at radius 2 is 1.85 bits per heavy atom. The molecule has 34 heavy (non-hydrogen) atoms. The Bertz CT molecular complexity index is 1150. The van der Waals surface area contributed by atoms with Gasteiger partial charge in [0.1, 0.15) is 11.9 Å². The van der Waals surface area contributed by atoms with E-state index in [1.54, 1.807) is 7.11 Å². The maximum absolute atomic E-state index is 9.76. The molecule has 0 bridgehead atoms. The number of likely N-dealkylation sites (tertiary alicyclic amines) is 1. The number of rotatable bonds is 8. The molecule has 4 rings (SSSR count). The fourth-order valence-electron chi connectivity index (χ4n) is 4.49. The first-order valence-electron chi connectivity index (χ1n) is 11.9. The Kier molecular flexibility index (Phi) is 7.66. The molecule has 0 aliphatic carbocycles. The third-order valence-electron chi connectivity index (χ3n) is 6.28. The minimum Gasteiger partial charge on any atom is -0.493 e. The van der Waals surface area contributed by atoms with Gasteiger partial charge < -0.3 is 14.8 Å². The quantitative estimate of drug-likeness (QED) is 0.489. The number of anilines is 1. The zero-order valence-electron chi connectivity index (χ0n) is 20.2. The predicted octanol–water partition coefficient (Wildman–Crippen LogP) is 5.41. The summed E-state index contributed by atoms with van der Waals surface area (Å²) in [4.78, 5) is 7.23. The third-order valence-corrected chi connectivity index (χ3v) is 6.28. The minimum absolute atomic E-state index is 0.299. The summed E-state index contributed by atoms with van der Waals surface area (Å²) < 4.78 is 11.1. The second-order valence-electron chi connectivity index (χ2n) is 8.61. The molecule has 6 heteroatoms. The Labute approximate surface area is 202 Å². The van der Waals surface area contributed by atoms with Crippen molar-refractivity contribution in [3.05, 3.63) is 71.4 Å². The molecule has 2 aromatic carbocycles.